The van der Waals surface area contributed by atoms with E-state index >= 15 is 0 Å². The van der Waals surface area contributed by atoms with E-state index in [9.17, 15) is 0 Å². The van der Waals surface area contributed by atoms with Gasteiger partial charge in [-0.2, -0.15) is 0 Å². The van der Waals surface area contributed by atoms with Gasteiger partial charge in [-0.15, -0.1) is 0 Å². The van der Waals surface area contributed by atoms with Gasteiger partial charge in [-0.3, -0.25) is 0 Å². The van der Waals surface area contributed by atoms with Crippen molar-refractivity contribution < 1.29 is 0 Å². The van der Waals surface area contributed by atoms with Crippen molar-refractivity contribution in [2.45, 2.75) is 5.41 Å². The van der Waals surface area contributed by atoms with Crippen molar-refractivity contribution in [1.29, 1.82) is 0 Å². The first-order valence-corrected chi connectivity index (χ1v) is 20.1. The highest BCUT2D eigenvalue weighted by molar-refractivity contribution is 6.15. The molecule has 11 rings (SSSR count). The number of aromatic nitrogens is 1. The lowest BCUT2D eigenvalue weighted by Gasteiger charge is -2.30. The van der Waals surface area contributed by atoms with Crippen LogP contribution < -0.4 is 0 Å². The second-order valence-corrected chi connectivity index (χ2v) is 15.4. The molecule has 0 aliphatic heterocycles. The van der Waals surface area contributed by atoms with Crippen LogP contribution in [-0.4, -0.2) is 10.7 Å². The summed E-state index contributed by atoms with van der Waals surface area (Å²) >= 11 is 0. The monoisotopic (exact) mass is 750 g/mol. The molecule has 0 saturated carbocycles. The van der Waals surface area contributed by atoms with Gasteiger partial charge in [0.25, 0.3) is 0 Å². The van der Waals surface area contributed by atoms with Gasteiger partial charge in [0.15, 0.2) is 0 Å². The van der Waals surface area contributed by atoms with Crippen molar-refractivity contribution in [3.63, 3.8) is 0 Å². The highest BCUT2D eigenvalue weighted by Gasteiger charge is 2.51. The Balaban J connectivity index is 1.13. The van der Waals surface area contributed by atoms with E-state index in [2.05, 4.69) is 177 Å². The first-order chi connectivity index (χ1) is 29.1. The maximum Gasteiger partial charge on any atom is 0.0788 e. The van der Waals surface area contributed by atoms with Crippen LogP contribution in [0.1, 0.15) is 38.9 Å². The second kappa shape index (κ2) is 13.8. The Hall–Kier alpha value is -7.68. The van der Waals surface area contributed by atoms with E-state index in [-0.39, 0.29) is 0 Å². The molecule has 0 N–H and O–H groups in total. The fourth-order valence-corrected chi connectivity index (χ4v) is 9.63. The van der Waals surface area contributed by atoms with E-state index in [1.165, 1.54) is 49.9 Å². The lowest BCUT2D eigenvalue weighted by molar-refractivity contribution is 0.795. The molecule has 2 heteroatoms. The van der Waals surface area contributed by atoms with Crippen LogP contribution in [0.2, 0.25) is 0 Å². The third kappa shape index (κ3) is 5.34. The first kappa shape index (κ1) is 34.6. The Bertz CT molecular complexity index is 3190. The fraction of sp³-hybridized carbons (Fsp3) is 0.0175. The van der Waals surface area contributed by atoms with Gasteiger partial charge in [0, 0.05) is 27.5 Å². The molecule has 9 aromatic rings. The number of hydrogen-bond donors (Lipinski definition) is 0. The molecule has 0 amide bonds. The van der Waals surface area contributed by atoms with Gasteiger partial charge in [0.1, 0.15) is 0 Å². The van der Waals surface area contributed by atoms with E-state index in [0.717, 1.165) is 61.2 Å². The smallest absolute Gasteiger partial charge is 0.0788 e. The van der Waals surface area contributed by atoms with E-state index in [4.69, 9.17) is 9.98 Å². The zero-order valence-electron chi connectivity index (χ0n) is 32.4. The largest absolute Gasteiger partial charge is 0.248 e. The number of benzene rings is 8. The Morgan fingerprint density at radius 2 is 1.03 bits per heavy atom. The van der Waals surface area contributed by atoms with Gasteiger partial charge in [0.05, 0.1) is 28.0 Å². The average molecular weight is 751 g/mol. The lowest BCUT2D eigenvalue weighted by atomic mass is 9.70. The highest BCUT2D eigenvalue weighted by Crippen LogP contribution is 2.63. The topological polar surface area (TPSA) is 25.2 Å². The van der Waals surface area contributed by atoms with Crippen LogP contribution in [0.15, 0.2) is 224 Å². The summed E-state index contributed by atoms with van der Waals surface area (Å²) in [6.07, 6.45) is 3.90. The predicted octanol–water partition coefficient (Wildman–Crippen LogP) is 14.1. The molecule has 1 aromatic heterocycles. The summed E-state index contributed by atoms with van der Waals surface area (Å²) in [4.78, 5) is 10.8. The van der Waals surface area contributed by atoms with Gasteiger partial charge >= 0.3 is 0 Å². The van der Waals surface area contributed by atoms with Crippen LogP contribution >= 0.6 is 0 Å². The molecule has 276 valence electrons. The standard InChI is InChI=1S/C57H38N2/c1-3-53(58-55(39-21-8-5-9-22-39)33-37(2)38-19-6-4-7-20-38)40-23-18-24-41(34-40)56-48-36-52-47(35-46(48)45-28-13-17-32-54(45)59-56)44-27-12-16-31-51(44)57(52)49-29-14-10-25-42(49)43-26-11-15-30-50(43)57/h3-36H,1-2H2/b55-33-,58-53?. The van der Waals surface area contributed by atoms with E-state index in [1.54, 1.807) is 0 Å². The summed E-state index contributed by atoms with van der Waals surface area (Å²) in [5, 5.41) is 3.45. The molecule has 0 saturated heterocycles. The number of pyridine rings is 1. The fourth-order valence-electron chi connectivity index (χ4n) is 9.63. The molecule has 59 heavy (non-hydrogen) atoms. The van der Waals surface area contributed by atoms with Crippen molar-refractivity contribution in [1.82, 2.24) is 4.98 Å². The first-order valence-electron chi connectivity index (χ1n) is 20.1. The average Bonchev–Trinajstić information content (AvgIpc) is 3.77. The van der Waals surface area contributed by atoms with Crippen LogP contribution in [0, 0.1) is 0 Å². The van der Waals surface area contributed by atoms with Crippen molar-refractivity contribution in [2.75, 3.05) is 0 Å². The number of allylic oxidation sites excluding steroid dienone is 3. The highest BCUT2D eigenvalue weighted by atomic mass is 14.8. The molecular weight excluding hydrogens is 713 g/mol. The summed E-state index contributed by atoms with van der Waals surface area (Å²) in [6, 6.07) is 69.5. The van der Waals surface area contributed by atoms with Gasteiger partial charge in [-0.05, 0) is 97.4 Å². The molecule has 1 spiro atoms. The van der Waals surface area contributed by atoms with E-state index in [0.29, 0.717) is 0 Å². The minimum Gasteiger partial charge on any atom is -0.248 e. The van der Waals surface area contributed by atoms with E-state index in [1.807, 2.05) is 42.5 Å². The number of hydrogen-bond acceptors (Lipinski definition) is 2. The number of nitrogens with zero attached hydrogens (tertiary/aromatic N) is 2. The van der Waals surface area contributed by atoms with Crippen molar-refractivity contribution >= 4 is 38.7 Å². The molecule has 0 fully saturated rings. The zero-order valence-corrected chi connectivity index (χ0v) is 32.4. The lowest BCUT2D eigenvalue weighted by Crippen LogP contribution is -2.25. The molecule has 0 bridgehead atoms. The Morgan fingerprint density at radius 1 is 0.475 bits per heavy atom. The molecule has 0 unspecified atom stereocenters. The second-order valence-electron chi connectivity index (χ2n) is 15.4. The predicted molar refractivity (Wildman–Crippen MR) is 248 cm³/mol. The number of para-hydroxylation sites is 1. The third-order valence-corrected chi connectivity index (χ3v) is 12.2. The summed E-state index contributed by atoms with van der Waals surface area (Å²) in [5.74, 6) is 0. The van der Waals surface area contributed by atoms with Crippen LogP contribution in [0.25, 0.3) is 66.5 Å². The normalized spacial score (nSPS) is 13.6. The third-order valence-electron chi connectivity index (χ3n) is 12.2. The molecular formula is C57H38N2. The molecule has 2 aliphatic carbocycles. The van der Waals surface area contributed by atoms with Crippen LogP contribution in [-0.2, 0) is 5.41 Å². The Labute approximate surface area is 344 Å². The summed E-state index contributed by atoms with van der Waals surface area (Å²) in [7, 11) is 0. The van der Waals surface area contributed by atoms with Crippen molar-refractivity contribution in [3.05, 3.63) is 258 Å². The van der Waals surface area contributed by atoms with Crippen molar-refractivity contribution in [3.8, 4) is 33.5 Å². The summed E-state index contributed by atoms with van der Waals surface area (Å²) < 4.78 is 0. The SMILES string of the molecule is C=CC(=N/C(=C\C(=C)c1ccccc1)c1ccccc1)c1cccc(-c2nc3ccccc3c3cc4c(cc23)C2(c3ccccc3-c3ccccc32)c2ccccc2-4)c1. The molecule has 2 aliphatic rings. The van der Waals surface area contributed by atoms with Gasteiger partial charge in [0.2, 0.25) is 0 Å². The van der Waals surface area contributed by atoms with Crippen LogP contribution in [0.5, 0.6) is 0 Å². The van der Waals surface area contributed by atoms with Gasteiger partial charge in [-0.1, -0.05) is 183 Å². The maximum atomic E-state index is 5.47. The van der Waals surface area contributed by atoms with E-state index < -0.39 is 5.41 Å². The Morgan fingerprint density at radius 3 is 1.69 bits per heavy atom. The number of rotatable bonds is 7. The van der Waals surface area contributed by atoms with Crippen LogP contribution in [0.3, 0.4) is 0 Å². The zero-order chi connectivity index (χ0) is 39.5. The summed E-state index contributed by atoms with van der Waals surface area (Å²) in [5.41, 5.74) is 18.4. The molecule has 0 atom stereocenters. The summed E-state index contributed by atoms with van der Waals surface area (Å²) in [6.45, 7) is 8.67. The minimum absolute atomic E-state index is 0.454. The molecule has 2 nitrogen and oxygen atoms in total. The number of fused-ring (bicyclic) bond motifs is 13. The molecule has 0 radical (unpaired) electrons. The van der Waals surface area contributed by atoms with Gasteiger partial charge < -0.3 is 0 Å². The van der Waals surface area contributed by atoms with Crippen molar-refractivity contribution in [2.24, 2.45) is 4.99 Å². The number of aliphatic imine (C=N–C) groups is 1. The molecule has 8 aromatic carbocycles. The molecule has 1 heterocycles. The Kier molecular flexibility index (Phi) is 8.06. The van der Waals surface area contributed by atoms with Gasteiger partial charge in [-0.25, -0.2) is 9.98 Å². The maximum absolute atomic E-state index is 5.47. The quantitative estimate of drug-likeness (QED) is 0.0905. The minimum atomic E-state index is -0.454. The van der Waals surface area contributed by atoms with Crippen LogP contribution in [0.4, 0.5) is 0 Å².